The molecule has 27 nitrogen and oxygen atoms in total. The maximum absolute atomic E-state index is 13.9. The van der Waals surface area contributed by atoms with E-state index in [1.165, 1.54) is 34.6 Å². The number of ketones is 2. The van der Waals surface area contributed by atoms with Gasteiger partial charge in [-0.15, -0.1) is 0 Å². The molecule has 0 spiro atoms. The second-order valence-corrected chi connectivity index (χ2v) is 40.0. The molecule has 27 heteroatoms. The highest BCUT2D eigenvalue weighted by atomic mass is 16.4. The summed E-state index contributed by atoms with van der Waals surface area (Å²) >= 11 is 0. The number of pyridine rings is 7. The fourth-order valence-corrected chi connectivity index (χ4v) is 19.2. The van der Waals surface area contributed by atoms with E-state index in [0.717, 1.165) is 144 Å². The lowest BCUT2D eigenvalue weighted by Crippen LogP contribution is -2.52. The van der Waals surface area contributed by atoms with Crippen LogP contribution in [0.1, 0.15) is 292 Å². The molecule has 2 fully saturated rings. The van der Waals surface area contributed by atoms with Crippen molar-refractivity contribution in [2.45, 2.75) is 288 Å². The molecule has 0 bridgehead atoms. The summed E-state index contributed by atoms with van der Waals surface area (Å²) in [5.41, 5.74) is 19.9. The van der Waals surface area contributed by atoms with Crippen molar-refractivity contribution >= 4 is 64.4 Å². The Morgan fingerprint density at radius 3 is 1.36 bits per heavy atom. The van der Waals surface area contributed by atoms with Crippen LogP contribution in [0.15, 0.2) is 222 Å². The predicted octanol–water partition coefficient (Wildman–Crippen LogP) is 20.1. The normalized spacial score (nSPS) is 15.0. The van der Waals surface area contributed by atoms with Gasteiger partial charge in [0.1, 0.15) is 35.7 Å². The van der Waals surface area contributed by atoms with Crippen molar-refractivity contribution in [3.63, 3.8) is 0 Å². The SMILES string of the molecule is CC(=O)C[C@@H](NC(=O)[C@H](CC(C)C)n1cc(C2CC2)ccc1=O)c1cncc(-c2c(C)cccc2C)c1.CC(=O)C[C@H](NC(=O)C(CC(C)C)N1C(=O)CCc2ccccc21)c1cncc(N2CCCC[C@@H]2C)c1.CCC[C@H](C(=O)N[C@@H](CC(=O)O)c1cncc(-c2c(C)cccc2C)c1)n1ccc(C)cc1=O.Cc1ccn(C(CC(C)C)C(=O)N[C@H](CC(=O)O)c2cnc(C)c(-c3ccccc3C)c2)c(=O)c1. The molecule has 9 atom stereocenters. The van der Waals surface area contributed by atoms with E-state index in [1.54, 1.807) is 78.0 Å². The van der Waals surface area contributed by atoms with Gasteiger partial charge < -0.3 is 50.1 Å². The second kappa shape index (κ2) is 50.9. The van der Waals surface area contributed by atoms with Crippen LogP contribution in [0.3, 0.4) is 0 Å². The lowest BCUT2D eigenvalue weighted by molar-refractivity contribution is -0.139. The van der Waals surface area contributed by atoms with Crippen molar-refractivity contribution in [1.29, 1.82) is 0 Å². The van der Waals surface area contributed by atoms with Gasteiger partial charge in [0.15, 0.2) is 0 Å². The second-order valence-electron chi connectivity index (χ2n) is 40.0. The number of piperidine rings is 1. The summed E-state index contributed by atoms with van der Waals surface area (Å²) in [6.45, 7) is 36.1. The van der Waals surface area contributed by atoms with Crippen LogP contribution in [0.5, 0.6) is 0 Å². The Bertz CT molecular complexity index is 6530. The van der Waals surface area contributed by atoms with Crippen molar-refractivity contribution in [2.75, 3.05) is 16.3 Å². The van der Waals surface area contributed by atoms with Crippen molar-refractivity contribution in [2.24, 2.45) is 17.8 Å². The number of anilines is 2. The average Bonchev–Trinajstić information content (AvgIpc) is 1.33. The predicted molar refractivity (Wildman–Crippen MR) is 561 cm³/mol. The van der Waals surface area contributed by atoms with E-state index in [-0.39, 0.29) is 89.4 Å². The minimum Gasteiger partial charge on any atom is -0.481 e. The van der Waals surface area contributed by atoms with Gasteiger partial charge in [0.2, 0.25) is 29.5 Å². The molecule has 4 aromatic carbocycles. The number of carbonyl (C=O) groups is 9. The van der Waals surface area contributed by atoms with Gasteiger partial charge in [0.05, 0.1) is 48.9 Å². The molecular formula is C116H141N13O14. The number of carboxylic acid groups (broad SMARTS) is 2. The van der Waals surface area contributed by atoms with Gasteiger partial charge in [0.25, 0.3) is 16.7 Å². The molecule has 1 saturated carbocycles. The number of aliphatic carboxylic acids is 2. The minimum atomic E-state index is -1.04. The lowest BCUT2D eigenvalue weighted by Gasteiger charge is -2.37. The van der Waals surface area contributed by atoms with Gasteiger partial charge in [-0.3, -0.25) is 82.4 Å². The minimum absolute atomic E-state index is 0.0122. The number of amides is 5. The van der Waals surface area contributed by atoms with Crippen molar-refractivity contribution < 1.29 is 53.4 Å². The molecule has 2 unspecified atom stereocenters. The van der Waals surface area contributed by atoms with E-state index >= 15 is 0 Å². The number of fused-ring (bicyclic) bond motifs is 1. The number of carboxylic acids is 2. The molecule has 3 aliphatic rings. The van der Waals surface area contributed by atoms with E-state index in [9.17, 15) is 67.7 Å². The summed E-state index contributed by atoms with van der Waals surface area (Å²) in [7, 11) is 0. The maximum atomic E-state index is 13.9. The number of nitrogens with zero attached hydrogens (tertiary/aromatic N) is 9. The quantitative estimate of drug-likeness (QED) is 0.0211. The van der Waals surface area contributed by atoms with Crippen molar-refractivity contribution in [3.05, 3.63) is 317 Å². The molecule has 5 amide bonds. The topological polar surface area (TPSA) is 366 Å². The third-order valence-corrected chi connectivity index (χ3v) is 26.6. The molecule has 9 heterocycles. The van der Waals surface area contributed by atoms with Gasteiger partial charge in [-0.2, -0.15) is 0 Å². The number of rotatable bonds is 37. The number of benzene rings is 4. The molecule has 6 N–H and O–H groups in total. The molecule has 7 aromatic heterocycles. The largest absolute Gasteiger partial charge is 0.481 e. The number of Topliss-reactive ketones (excluding diaryl/α,β-unsaturated/α-hetero) is 2. The monoisotopic (exact) mass is 1940 g/mol. The van der Waals surface area contributed by atoms with E-state index < -0.39 is 72.1 Å². The maximum Gasteiger partial charge on any atom is 0.305 e. The first-order chi connectivity index (χ1) is 68.1. The molecule has 0 radical (unpaired) electrons. The molecule has 14 rings (SSSR count). The Labute approximate surface area is 839 Å². The Balaban J connectivity index is 0.000000182. The third kappa shape index (κ3) is 29.9. The summed E-state index contributed by atoms with van der Waals surface area (Å²) in [5.74, 6) is -2.42. The molecule has 2 aliphatic heterocycles. The van der Waals surface area contributed by atoms with E-state index in [4.69, 9.17) is 0 Å². The first kappa shape index (κ1) is 109. The zero-order chi connectivity index (χ0) is 104. The van der Waals surface area contributed by atoms with Crippen LogP contribution in [0.25, 0.3) is 33.4 Å². The summed E-state index contributed by atoms with van der Waals surface area (Å²) in [6, 6.07) is 40.7. The fourth-order valence-electron chi connectivity index (χ4n) is 19.2. The van der Waals surface area contributed by atoms with Gasteiger partial charge in [0, 0.05) is 134 Å². The first-order valence-electron chi connectivity index (χ1n) is 50.1. The van der Waals surface area contributed by atoms with E-state index in [1.807, 2.05) is 192 Å². The van der Waals surface area contributed by atoms with Crippen LogP contribution in [0, 0.1) is 73.1 Å². The number of para-hydroxylation sites is 1. The molecule has 1 saturated heterocycles. The van der Waals surface area contributed by atoms with Gasteiger partial charge in [-0.05, 0) is 296 Å². The molecular weight excluding hydrogens is 1800 g/mol. The highest BCUT2D eigenvalue weighted by Gasteiger charge is 2.38. The number of aromatic nitrogens is 7. The molecule has 754 valence electrons. The van der Waals surface area contributed by atoms with Crippen LogP contribution in [-0.4, -0.2) is 116 Å². The number of carbonyl (C=O) groups excluding carboxylic acids is 7. The number of hydrogen-bond donors (Lipinski definition) is 6. The highest BCUT2D eigenvalue weighted by molar-refractivity contribution is 6.03. The number of hydrogen-bond acceptors (Lipinski definition) is 17. The summed E-state index contributed by atoms with van der Waals surface area (Å²) in [4.78, 5) is 175. The Morgan fingerprint density at radius 1 is 0.434 bits per heavy atom. The van der Waals surface area contributed by atoms with Crippen LogP contribution < -0.4 is 47.7 Å². The standard InChI is InChI=1S/C31H37N3O3.C30H40N4O3.C28H33N3O4.C27H31N3O4/c1-19(2)13-28(34-18-24(23-9-10-23)11-12-29(34)36)31(37)33-27(14-22(5)35)25-15-26(17-32-16-25)30-20(3)7-6-8-21(30)4;1-20(2)15-28(34-27-11-6-5-10-23(27)12-13-29(34)36)30(37)32-26(16-22(4)35)24-17-25(19-31-18-24)33-14-8-7-9-21(33)3;1-17(2)12-25(31-11-10-18(3)13-26(31)32)28(35)30-24(15-27(33)34)21-14-23(20(5)29-16-21)22-9-7-6-8-19(22)4;1-5-7-23(30-11-10-17(2)12-24(30)31)27(34)29-22(14-25(32)33)20-13-21(16-28-15-20)26-18(3)8-6-9-19(26)4/h6-8,11-12,15-19,23,27-28H,9-10,13-14H2,1-5H3,(H,33,37);5-6,10-11,17-21,26,28H,7-9,12-16H2,1-4H3,(H,32,37);6-11,13-14,16-17,24-25H,12,15H2,1-5H3,(H,30,35)(H,33,34);6,8-13,15-16,22-23H,5,7,14H2,1-4H3,(H,29,34)(H,32,33)/t27-,28+;21-,26-,28?;24-,25?;22-,23+/m1010/s1. The average molecular weight is 1940 g/mol. The van der Waals surface area contributed by atoms with Crippen LogP contribution in [-0.2, 0) is 49.6 Å². The third-order valence-electron chi connectivity index (χ3n) is 26.6. The smallest absolute Gasteiger partial charge is 0.305 e. The van der Waals surface area contributed by atoms with Crippen molar-refractivity contribution in [3.8, 4) is 33.4 Å². The highest BCUT2D eigenvalue weighted by Crippen LogP contribution is 2.41. The molecule has 143 heavy (non-hydrogen) atoms. The van der Waals surface area contributed by atoms with Gasteiger partial charge in [-0.25, -0.2) is 0 Å². The first-order valence-corrected chi connectivity index (χ1v) is 50.1. The Kier molecular flexibility index (Phi) is 38.9. The van der Waals surface area contributed by atoms with E-state index in [0.29, 0.717) is 68.0 Å². The van der Waals surface area contributed by atoms with Crippen LogP contribution in [0.4, 0.5) is 11.4 Å². The number of nitrogens with one attached hydrogen (secondary N) is 4. The van der Waals surface area contributed by atoms with Crippen LogP contribution >= 0.6 is 0 Å². The molecule has 11 aromatic rings. The fraction of sp³-hybridized carbons (Fsp3) is 0.414. The Morgan fingerprint density at radius 2 is 0.881 bits per heavy atom. The van der Waals surface area contributed by atoms with Gasteiger partial charge in [-0.1, -0.05) is 140 Å². The summed E-state index contributed by atoms with van der Waals surface area (Å²) in [5, 5.41) is 31.2. The number of aryl methyl sites for hydroxylation is 9. The Hall–Kier alpha value is -14.2. The zero-order valence-corrected chi connectivity index (χ0v) is 86.0. The van der Waals surface area contributed by atoms with Crippen LogP contribution in [0.2, 0.25) is 0 Å². The van der Waals surface area contributed by atoms with E-state index in [2.05, 4.69) is 98.9 Å². The summed E-state index contributed by atoms with van der Waals surface area (Å²) in [6.07, 6.45) is 26.3. The summed E-state index contributed by atoms with van der Waals surface area (Å²) < 4.78 is 4.42. The van der Waals surface area contributed by atoms with Crippen molar-refractivity contribution in [1.82, 2.24) is 54.9 Å². The van der Waals surface area contributed by atoms with Gasteiger partial charge >= 0.3 is 11.9 Å². The molecule has 1 aliphatic carbocycles. The lowest BCUT2D eigenvalue weighted by atomic mass is 9.94. The zero-order valence-electron chi connectivity index (χ0n) is 86.0.